The maximum absolute atomic E-state index is 12.8. The smallest absolute Gasteiger partial charge is 0.342 e. The summed E-state index contributed by atoms with van der Waals surface area (Å²) < 4.78 is 39.9. The van der Waals surface area contributed by atoms with Gasteiger partial charge in [0.15, 0.2) is 0 Å². The molecule has 0 spiro atoms. The van der Waals surface area contributed by atoms with Crippen molar-refractivity contribution in [1.29, 1.82) is 5.26 Å². The molecule has 3 heterocycles. The van der Waals surface area contributed by atoms with Crippen molar-refractivity contribution >= 4 is 34.2 Å². The van der Waals surface area contributed by atoms with Crippen LogP contribution in [-0.4, -0.2) is 20.4 Å². The number of nitriles is 1. The van der Waals surface area contributed by atoms with Crippen molar-refractivity contribution in [2.45, 2.75) is 12.7 Å². The van der Waals surface area contributed by atoms with Gasteiger partial charge in [0.25, 0.3) is 5.91 Å². The van der Waals surface area contributed by atoms with E-state index >= 15 is 0 Å². The van der Waals surface area contributed by atoms with Crippen LogP contribution in [0.1, 0.15) is 27.0 Å². The molecule has 0 aliphatic rings. The fourth-order valence-electron chi connectivity index (χ4n) is 3.20. The molecule has 0 saturated carbocycles. The fourth-order valence-corrected chi connectivity index (χ4v) is 3.44. The highest BCUT2D eigenvalue weighted by molar-refractivity contribution is 6.31. The van der Waals surface area contributed by atoms with Gasteiger partial charge in [-0.15, -0.1) is 0 Å². The molecule has 0 bridgehead atoms. The summed E-state index contributed by atoms with van der Waals surface area (Å²) >= 11 is 6.29. The van der Waals surface area contributed by atoms with E-state index in [4.69, 9.17) is 16.9 Å². The van der Waals surface area contributed by atoms with E-state index in [-0.39, 0.29) is 11.4 Å². The first-order valence-corrected chi connectivity index (χ1v) is 9.60. The number of carbonyl (C=O) groups is 1. The maximum atomic E-state index is 12.8. The zero-order valence-electron chi connectivity index (χ0n) is 16.2. The number of pyridine rings is 2. The summed E-state index contributed by atoms with van der Waals surface area (Å²) in [5.41, 5.74) is 1.27. The Hall–Kier alpha value is -3.90. The van der Waals surface area contributed by atoms with E-state index in [0.717, 1.165) is 17.7 Å². The summed E-state index contributed by atoms with van der Waals surface area (Å²) in [6.45, 7) is 0.330. The second-order valence-electron chi connectivity index (χ2n) is 6.87. The molecule has 32 heavy (non-hydrogen) atoms. The lowest BCUT2D eigenvalue weighted by Crippen LogP contribution is -2.13. The molecule has 10 heteroatoms. The van der Waals surface area contributed by atoms with Crippen LogP contribution in [0, 0.1) is 11.3 Å². The van der Waals surface area contributed by atoms with E-state index in [2.05, 4.69) is 15.3 Å². The molecule has 4 aromatic rings. The van der Waals surface area contributed by atoms with Crippen molar-refractivity contribution < 1.29 is 18.0 Å². The predicted octanol–water partition coefficient (Wildman–Crippen LogP) is 5.28. The number of nitrogens with one attached hydrogen (secondary N) is 1. The number of fused-ring (bicyclic) bond motifs is 1. The third-order valence-corrected chi connectivity index (χ3v) is 5.13. The van der Waals surface area contributed by atoms with Crippen molar-refractivity contribution in [2.24, 2.45) is 0 Å². The molecule has 0 unspecified atom stereocenters. The van der Waals surface area contributed by atoms with Gasteiger partial charge in [-0.25, -0.2) is 4.98 Å². The molecule has 0 radical (unpaired) electrons. The molecule has 0 saturated heterocycles. The standard InChI is InChI=1S/C22H13ClF3N5O/c23-18-7-13(8-27)1-2-14(18)11-31-12-17(16-10-28-6-5-19(16)31)21(32)30-20-4-3-15(9-29-20)22(24,25)26/h1-7,9-10,12H,11H2,(H,29,30,32). The van der Waals surface area contributed by atoms with Gasteiger partial charge in [0.1, 0.15) is 5.82 Å². The molecule has 0 fully saturated rings. The van der Waals surface area contributed by atoms with E-state index in [1.54, 1.807) is 41.2 Å². The van der Waals surface area contributed by atoms with Crippen molar-refractivity contribution in [2.75, 3.05) is 5.32 Å². The van der Waals surface area contributed by atoms with Crippen molar-refractivity contribution in [1.82, 2.24) is 14.5 Å². The number of halogens is 4. The van der Waals surface area contributed by atoms with E-state index < -0.39 is 17.6 Å². The quantitative estimate of drug-likeness (QED) is 0.454. The lowest BCUT2D eigenvalue weighted by Gasteiger charge is -2.08. The molecule has 1 N–H and O–H groups in total. The molecule has 6 nitrogen and oxygen atoms in total. The summed E-state index contributed by atoms with van der Waals surface area (Å²) in [5.74, 6) is -0.553. The van der Waals surface area contributed by atoms with Gasteiger partial charge in [0.2, 0.25) is 0 Å². The third kappa shape index (κ3) is 4.26. The number of hydrogen-bond donors (Lipinski definition) is 1. The number of anilines is 1. The van der Waals surface area contributed by atoms with Crippen LogP contribution in [0.3, 0.4) is 0 Å². The Kier molecular flexibility index (Phi) is 5.55. The Morgan fingerprint density at radius 1 is 1.19 bits per heavy atom. The number of rotatable bonds is 4. The first-order chi connectivity index (χ1) is 15.3. The van der Waals surface area contributed by atoms with Gasteiger partial charge in [-0.2, -0.15) is 18.4 Å². The molecular formula is C22H13ClF3N5O. The largest absolute Gasteiger partial charge is 0.417 e. The Bertz CT molecular complexity index is 1360. The second-order valence-corrected chi connectivity index (χ2v) is 7.27. The van der Waals surface area contributed by atoms with Crippen LogP contribution >= 0.6 is 11.6 Å². The summed E-state index contributed by atoms with van der Waals surface area (Å²) in [5, 5.41) is 12.5. The summed E-state index contributed by atoms with van der Waals surface area (Å²) in [6.07, 6.45) is 0.870. The van der Waals surface area contributed by atoms with Gasteiger partial charge in [-0.3, -0.25) is 9.78 Å². The highest BCUT2D eigenvalue weighted by Crippen LogP contribution is 2.29. The van der Waals surface area contributed by atoms with Gasteiger partial charge in [0, 0.05) is 41.7 Å². The van der Waals surface area contributed by atoms with Gasteiger partial charge < -0.3 is 9.88 Å². The number of amides is 1. The van der Waals surface area contributed by atoms with E-state index in [1.807, 2.05) is 6.07 Å². The Balaban J connectivity index is 1.64. The highest BCUT2D eigenvalue weighted by Gasteiger charge is 2.30. The second kappa shape index (κ2) is 8.32. The number of aromatic nitrogens is 3. The topological polar surface area (TPSA) is 83.6 Å². The van der Waals surface area contributed by atoms with Crippen molar-refractivity contribution in [3.05, 3.63) is 88.5 Å². The van der Waals surface area contributed by atoms with Crippen LogP contribution in [0.2, 0.25) is 5.02 Å². The molecular weight excluding hydrogens is 443 g/mol. The Morgan fingerprint density at radius 2 is 2.00 bits per heavy atom. The normalized spacial score (nSPS) is 11.3. The summed E-state index contributed by atoms with van der Waals surface area (Å²) in [6, 6.07) is 10.6. The van der Waals surface area contributed by atoms with Crippen LogP contribution in [-0.2, 0) is 12.7 Å². The zero-order chi connectivity index (χ0) is 22.9. The summed E-state index contributed by atoms with van der Waals surface area (Å²) in [7, 11) is 0. The Morgan fingerprint density at radius 3 is 2.66 bits per heavy atom. The van der Waals surface area contributed by atoms with Crippen LogP contribution in [0.25, 0.3) is 10.9 Å². The third-order valence-electron chi connectivity index (χ3n) is 4.78. The molecule has 1 aromatic carbocycles. The van der Waals surface area contributed by atoms with Crippen molar-refractivity contribution in [3.63, 3.8) is 0 Å². The van der Waals surface area contributed by atoms with E-state index in [1.165, 1.54) is 6.20 Å². The monoisotopic (exact) mass is 455 g/mol. The zero-order valence-corrected chi connectivity index (χ0v) is 16.9. The van der Waals surface area contributed by atoms with Gasteiger partial charge in [0.05, 0.1) is 28.3 Å². The van der Waals surface area contributed by atoms with Gasteiger partial charge in [-0.05, 0) is 35.9 Å². The SMILES string of the molecule is N#Cc1ccc(Cn2cc(C(=O)Nc3ccc(C(F)(F)F)cn3)c3cnccc32)c(Cl)c1. The van der Waals surface area contributed by atoms with Crippen LogP contribution in [0.4, 0.5) is 19.0 Å². The predicted molar refractivity (Wildman–Crippen MR) is 112 cm³/mol. The number of benzene rings is 1. The minimum atomic E-state index is -4.51. The average molecular weight is 456 g/mol. The molecule has 3 aromatic heterocycles. The Labute approximate surface area is 184 Å². The minimum Gasteiger partial charge on any atom is -0.342 e. The van der Waals surface area contributed by atoms with Crippen LogP contribution < -0.4 is 5.32 Å². The number of carbonyl (C=O) groups excluding carboxylic acids is 1. The van der Waals surface area contributed by atoms with Crippen LogP contribution in [0.15, 0.2) is 61.2 Å². The molecule has 4 rings (SSSR count). The highest BCUT2D eigenvalue weighted by atomic mass is 35.5. The van der Waals surface area contributed by atoms with E-state index in [9.17, 15) is 18.0 Å². The first-order valence-electron chi connectivity index (χ1n) is 9.22. The minimum absolute atomic E-state index is 0.0112. The fraction of sp³-hybridized carbons (Fsp3) is 0.0909. The molecule has 0 aliphatic carbocycles. The molecule has 0 atom stereocenters. The van der Waals surface area contributed by atoms with Crippen LogP contribution in [0.5, 0.6) is 0 Å². The lowest BCUT2D eigenvalue weighted by atomic mass is 10.1. The van der Waals surface area contributed by atoms with E-state index in [0.29, 0.717) is 34.2 Å². The number of nitrogens with zero attached hydrogens (tertiary/aromatic N) is 4. The number of hydrogen-bond acceptors (Lipinski definition) is 4. The van der Waals surface area contributed by atoms with Gasteiger partial charge in [-0.1, -0.05) is 17.7 Å². The maximum Gasteiger partial charge on any atom is 0.417 e. The van der Waals surface area contributed by atoms with Gasteiger partial charge >= 0.3 is 6.18 Å². The first kappa shape index (κ1) is 21.3. The molecule has 160 valence electrons. The average Bonchev–Trinajstić information content (AvgIpc) is 3.13. The summed E-state index contributed by atoms with van der Waals surface area (Å²) in [4.78, 5) is 20.6. The lowest BCUT2D eigenvalue weighted by molar-refractivity contribution is -0.137. The number of alkyl halides is 3. The molecule has 1 amide bonds. The van der Waals surface area contributed by atoms with Crippen molar-refractivity contribution in [3.8, 4) is 6.07 Å². The molecule has 0 aliphatic heterocycles.